The van der Waals surface area contributed by atoms with Gasteiger partial charge in [0.25, 0.3) is 11.7 Å². The van der Waals surface area contributed by atoms with Crippen LogP contribution in [0.5, 0.6) is 5.75 Å². The van der Waals surface area contributed by atoms with Crippen molar-refractivity contribution in [3.63, 3.8) is 0 Å². The molecule has 1 amide bonds. The molecule has 1 fully saturated rings. The Morgan fingerprint density at radius 3 is 2.50 bits per heavy atom. The van der Waals surface area contributed by atoms with Gasteiger partial charge >= 0.3 is 0 Å². The van der Waals surface area contributed by atoms with Gasteiger partial charge in [-0.3, -0.25) is 9.59 Å². The maximum Gasteiger partial charge on any atom is 0.295 e. The highest BCUT2D eigenvalue weighted by atomic mass is 16.5. The molecule has 0 saturated carbocycles. The second-order valence-electron chi connectivity index (χ2n) is 7.58. The molecule has 3 rings (SSSR count). The Bertz CT molecular complexity index is 937. The molecule has 30 heavy (non-hydrogen) atoms. The lowest BCUT2D eigenvalue weighted by molar-refractivity contribution is -0.140. The van der Waals surface area contributed by atoms with Crippen LogP contribution in [-0.2, 0) is 9.59 Å². The highest BCUT2D eigenvalue weighted by Gasteiger charge is 2.45. The van der Waals surface area contributed by atoms with E-state index in [1.807, 2.05) is 56.3 Å². The fraction of sp³-hybridized carbons (Fsp3) is 0.333. The number of carbonyl (C=O) groups excluding carboxylic acids is 2. The fourth-order valence-electron chi connectivity index (χ4n) is 3.51. The van der Waals surface area contributed by atoms with Crippen molar-refractivity contribution in [2.45, 2.75) is 19.4 Å². The number of benzene rings is 2. The van der Waals surface area contributed by atoms with Gasteiger partial charge in [0.2, 0.25) is 0 Å². The van der Waals surface area contributed by atoms with E-state index < -0.39 is 17.7 Å². The number of Topliss-reactive ketones (excluding diaryl/α,β-unsaturated/α-hetero) is 1. The second-order valence-corrected chi connectivity index (χ2v) is 7.58. The highest BCUT2D eigenvalue weighted by molar-refractivity contribution is 6.46. The van der Waals surface area contributed by atoms with E-state index in [4.69, 9.17) is 4.74 Å². The summed E-state index contributed by atoms with van der Waals surface area (Å²) in [5.41, 5.74) is 1.35. The van der Waals surface area contributed by atoms with Gasteiger partial charge in [-0.2, -0.15) is 0 Å². The molecule has 158 valence electrons. The topological polar surface area (TPSA) is 70.1 Å². The number of carbonyl (C=O) groups is 2. The predicted octanol–water partition coefficient (Wildman–Crippen LogP) is 3.46. The molecule has 0 aromatic heterocycles. The standard InChI is InChI=1S/C24H28N2O4/c1-4-15-30-19-12-8-11-18(16-19)21-20(22(27)17-9-6-5-7-10-17)23(28)24(29)26(21)14-13-25(2)3/h5-12,16,21,27H,4,13-15H2,1-3H3/b22-20-/t21-/m0/s1. The number of amides is 1. The van der Waals surface area contributed by atoms with Crippen molar-refractivity contribution in [2.75, 3.05) is 33.8 Å². The molecule has 1 aliphatic rings. The maximum absolute atomic E-state index is 13.0. The number of likely N-dealkylation sites (N-methyl/N-ethyl adjacent to an activating group) is 1. The first-order chi connectivity index (χ1) is 14.4. The lowest BCUT2D eigenvalue weighted by atomic mass is 9.95. The van der Waals surface area contributed by atoms with Crippen LogP contribution in [0.2, 0.25) is 0 Å². The van der Waals surface area contributed by atoms with E-state index in [-0.39, 0.29) is 11.3 Å². The van der Waals surface area contributed by atoms with Crippen molar-refractivity contribution in [1.82, 2.24) is 9.80 Å². The number of rotatable bonds is 8. The van der Waals surface area contributed by atoms with Gasteiger partial charge in [-0.1, -0.05) is 49.4 Å². The van der Waals surface area contributed by atoms with E-state index in [2.05, 4.69) is 0 Å². The summed E-state index contributed by atoms with van der Waals surface area (Å²) in [6.07, 6.45) is 0.875. The third-order valence-electron chi connectivity index (χ3n) is 5.02. The summed E-state index contributed by atoms with van der Waals surface area (Å²) in [7, 11) is 3.82. The molecular formula is C24H28N2O4. The minimum atomic E-state index is -0.671. The Labute approximate surface area is 177 Å². The predicted molar refractivity (Wildman–Crippen MR) is 116 cm³/mol. The molecule has 1 N–H and O–H groups in total. The van der Waals surface area contributed by atoms with Crippen LogP contribution < -0.4 is 4.74 Å². The summed E-state index contributed by atoms with van der Waals surface area (Å²) < 4.78 is 5.75. The molecule has 1 aliphatic heterocycles. The molecule has 6 heteroatoms. The molecule has 1 saturated heterocycles. The van der Waals surface area contributed by atoms with E-state index >= 15 is 0 Å². The normalized spacial score (nSPS) is 18.3. The zero-order chi connectivity index (χ0) is 21.7. The van der Waals surface area contributed by atoms with E-state index in [0.717, 1.165) is 12.0 Å². The summed E-state index contributed by atoms with van der Waals surface area (Å²) in [5.74, 6) is -0.752. The van der Waals surface area contributed by atoms with Crippen LogP contribution in [0.15, 0.2) is 60.2 Å². The quantitative estimate of drug-likeness (QED) is 0.412. The Hall–Kier alpha value is -3.12. The third-order valence-corrected chi connectivity index (χ3v) is 5.02. The molecule has 6 nitrogen and oxygen atoms in total. The Kier molecular flexibility index (Phi) is 6.90. The number of likely N-dealkylation sites (tertiary alicyclic amines) is 1. The van der Waals surface area contributed by atoms with Crippen molar-refractivity contribution < 1.29 is 19.4 Å². The first kappa shape index (κ1) is 21.6. The number of ether oxygens (including phenoxy) is 1. The second kappa shape index (κ2) is 9.59. The van der Waals surface area contributed by atoms with Gasteiger partial charge in [-0.05, 0) is 38.2 Å². The first-order valence-corrected chi connectivity index (χ1v) is 10.1. The van der Waals surface area contributed by atoms with Crippen LogP contribution >= 0.6 is 0 Å². The van der Waals surface area contributed by atoms with Crippen molar-refractivity contribution in [3.05, 3.63) is 71.3 Å². The molecule has 1 atom stereocenters. The molecule has 0 spiro atoms. The van der Waals surface area contributed by atoms with E-state index in [1.54, 1.807) is 24.3 Å². The molecular weight excluding hydrogens is 380 g/mol. The molecule has 2 aromatic rings. The monoisotopic (exact) mass is 408 g/mol. The largest absolute Gasteiger partial charge is 0.507 e. The third kappa shape index (κ3) is 4.54. The number of aliphatic hydroxyl groups is 1. The van der Waals surface area contributed by atoms with Gasteiger partial charge in [-0.15, -0.1) is 0 Å². The van der Waals surface area contributed by atoms with Crippen molar-refractivity contribution in [1.29, 1.82) is 0 Å². The Morgan fingerprint density at radius 1 is 1.10 bits per heavy atom. The van der Waals surface area contributed by atoms with Crippen LogP contribution in [0.4, 0.5) is 0 Å². The number of aliphatic hydroxyl groups excluding tert-OH is 1. The van der Waals surface area contributed by atoms with Gasteiger partial charge in [0.1, 0.15) is 11.5 Å². The summed E-state index contributed by atoms with van der Waals surface area (Å²) >= 11 is 0. The van der Waals surface area contributed by atoms with Crippen LogP contribution in [0.25, 0.3) is 5.76 Å². The Balaban J connectivity index is 2.10. The van der Waals surface area contributed by atoms with Crippen LogP contribution in [0, 0.1) is 0 Å². The van der Waals surface area contributed by atoms with Gasteiger partial charge < -0.3 is 19.6 Å². The molecule has 0 radical (unpaired) electrons. The molecule has 1 heterocycles. The lowest BCUT2D eigenvalue weighted by Crippen LogP contribution is -2.35. The van der Waals surface area contributed by atoms with Crippen LogP contribution in [-0.4, -0.2) is 60.4 Å². The average molecular weight is 408 g/mol. The molecule has 0 bridgehead atoms. The van der Waals surface area contributed by atoms with Crippen LogP contribution in [0.3, 0.4) is 0 Å². The van der Waals surface area contributed by atoms with Crippen LogP contribution in [0.1, 0.15) is 30.5 Å². The molecule has 0 unspecified atom stereocenters. The smallest absolute Gasteiger partial charge is 0.295 e. The summed E-state index contributed by atoms with van der Waals surface area (Å²) in [4.78, 5) is 29.3. The van der Waals surface area contributed by atoms with Gasteiger partial charge in [0.15, 0.2) is 0 Å². The number of ketones is 1. The zero-order valence-corrected chi connectivity index (χ0v) is 17.7. The maximum atomic E-state index is 13.0. The molecule has 0 aliphatic carbocycles. The highest BCUT2D eigenvalue weighted by Crippen LogP contribution is 2.40. The summed E-state index contributed by atoms with van der Waals surface area (Å²) in [6, 6.07) is 15.6. The lowest BCUT2D eigenvalue weighted by Gasteiger charge is -2.27. The van der Waals surface area contributed by atoms with Gasteiger partial charge in [0, 0.05) is 18.7 Å². The van der Waals surface area contributed by atoms with E-state index in [0.29, 0.717) is 31.0 Å². The average Bonchev–Trinajstić information content (AvgIpc) is 3.01. The number of hydrogen-bond donors (Lipinski definition) is 1. The summed E-state index contributed by atoms with van der Waals surface area (Å²) in [5, 5.41) is 11.0. The summed E-state index contributed by atoms with van der Waals surface area (Å²) in [6.45, 7) is 3.57. The number of nitrogens with zero attached hydrogens (tertiary/aromatic N) is 2. The van der Waals surface area contributed by atoms with Crippen molar-refractivity contribution in [3.8, 4) is 5.75 Å². The number of hydrogen-bond acceptors (Lipinski definition) is 5. The van der Waals surface area contributed by atoms with E-state index in [1.165, 1.54) is 4.90 Å². The van der Waals surface area contributed by atoms with Crippen molar-refractivity contribution >= 4 is 17.4 Å². The molecule has 2 aromatic carbocycles. The minimum Gasteiger partial charge on any atom is -0.507 e. The van der Waals surface area contributed by atoms with Crippen molar-refractivity contribution in [2.24, 2.45) is 0 Å². The van der Waals surface area contributed by atoms with E-state index in [9.17, 15) is 14.7 Å². The van der Waals surface area contributed by atoms with Gasteiger partial charge in [0.05, 0.1) is 18.2 Å². The van der Waals surface area contributed by atoms with Gasteiger partial charge in [-0.25, -0.2) is 0 Å². The SMILES string of the molecule is CCCOc1cccc([C@H]2/C(=C(/O)c3ccccc3)C(=O)C(=O)N2CCN(C)C)c1. The first-order valence-electron chi connectivity index (χ1n) is 10.1. The Morgan fingerprint density at radius 2 is 1.83 bits per heavy atom. The minimum absolute atomic E-state index is 0.109. The fourth-order valence-corrected chi connectivity index (χ4v) is 3.51. The zero-order valence-electron chi connectivity index (χ0n) is 17.7.